The lowest BCUT2D eigenvalue weighted by Gasteiger charge is -2.22. The SMILES string of the molecule is CC(=O)N(CC(=O)Nc1ccc(N2CCCC2)cc1)c1cccc2cccnc12. The number of rotatable bonds is 5. The van der Waals surface area contributed by atoms with Gasteiger partial charge in [0.2, 0.25) is 11.8 Å². The van der Waals surface area contributed by atoms with E-state index in [1.807, 2.05) is 54.6 Å². The minimum Gasteiger partial charge on any atom is -0.372 e. The summed E-state index contributed by atoms with van der Waals surface area (Å²) in [6.07, 6.45) is 4.14. The van der Waals surface area contributed by atoms with Crippen LogP contribution in [0.15, 0.2) is 60.8 Å². The molecule has 6 heteroatoms. The van der Waals surface area contributed by atoms with Gasteiger partial charge in [0, 0.05) is 43.0 Å². The quantitative estimate of drug-likeness (QED) is 0.722. The van der Waals surface area contributed by atoms with Crippen LogP contribution in [0.25, 0.3) is 10.9 Å². The number of pyridine rings is 1. The fourth-order valence-electron chi connectivity index (χ4n) is 3.75. The summed E-state index contributed by atoms with van der Waals surface area (Å²) < 4.78 is 0. The molecule has 2 amide bonds. The van der Waals surface area contributed by atoms with Crippen molar-refractivity contribution in [2.75, 3.05) is 34.8 Å². The van der Waals surface area contributed by atoms with Crippen LogP contribution in [0, 0.1) is 0 Å². The van der Waals surface area contributed by atoms with E-state index in [1.165, 1.54) is 30.4 Å². The number of hydrogen-bond donors (Lipinski definition) is 1. The Labute approximate surface area is 170 Å². The number of anilines is 3. The molecule has 0 unspecified atom stereocenters. The van der Waals surface area contributed by atoms with Crippen LogP contribution < -0.4 is 15.1 Å². The van der Waals surface area contributed by atoms with Gasteiger partial charge in [-0.25, -0.2) is 0 Å². The van der Waals surface area contributed by atoms with Crippen LogP contribution in [0.5, 0.6) is 0 Å². The minimum absolute atomic E-state index is 0.0705. The molecular weight excluding hydrogens is 364 g/mol. The lowest BCUT2D eigenvalue weighted by molar-refractivity contribution is -0.120. The summed E-state index contributed by atoms with van der Waals surface area (Å²) in [4.78, 5) is 33.1. The largest absolute Gasteiger partial charge is 0.372 e. The Kier molecular flexibility index (Phi) is 5.42. The van der Waals surface area contributed by atoms with E-state index in [-0.39, 0.29) is 18.4 Å². The first-order valence-electron chi connectivity index (χ1n) is 9.88. The number of para-hydroxylation sites is 1. The van der Waals surface area contributed by atoms with Gasteiger partial charge in [-0.1, -0.05) is 18.2 Å². The van der Waals surface area contributed by atoms with Gasteiger partial charge in [-0.3, -0.25) is 14.6 Å². The third-order valence-corrected chi connectivity index (χ3v) is 5.21. The van der Waals surface area contributed by atoms with Gasteiger partial charge >= 0.3 is 0 Å². The second kappa shape index (κ2) is 8.31. The van der Waals surface area contributed by atoms with E-state index in [2.05, 4.69) is 15.2 Å². The topological polar surface area (TPSA) is 65.5 Å². The van der Waals surface area contributed by atoms with Crippen LogP contribution >= 0.6 is 0 Å². The zero-order valence-corrected chi connectivity index (χ0v) is 16.5. The summed E-state index contributed by atoms with van der Waals surface area (Å²) in [7, 11) is 0. The fraction of sp³-hybridized carbons (Fsp3) is 0.261. The molecule has 0 saturated carbocycles. The van der Waals surface area contributed by atoms with Gasteiger partial charge in [0.25, 0.3) is 0 Å². The van der Waals surface area contributed by atoms with Crippen molar-refractivity contribution in [2.45, 2.75) is 19.8 Å². The number of hydrogen-bond acceptors (Lipinski definition) is 4. The number of nitrogens with one attached hydrogen (secondary N) is 1. The molecule has 0 aliphatic carbocycles. The van der Waals surface area contributed by atoms with Crippen LogP contribution in [0.2, 0.25) is 0 Å². The number of fused-ring (bicyclic) bond motifs is 1. The summed E-state index contributed by atoms with van der Waals surface area (Å²) in [6, 6.07) is 17.3. The molecule has 3 aromatic rings. The van der Waals surface area contributed by atoms with E-state index < -0.39 is 0 Å². The highest BCUT2D eigenvalue weighted by Gasteiger charge is 2.19. The maximum absolute atomic E-state index is 12.6. The van der Waals surface area contributed by atoms with Gasteiger partial charge in [-0.15, -0.1) is 0 Å². The van der Waals surface area contributed by atoms with E-state index >= 15 is 0 Å². The Balaban J connectivity index is 1.48. The molecule has 1 aromatic heterocycles. The second-order valence-corrected chi connectivity index (χ2v) is 7.25. The molecule has 4 rings (SSSR count). The lowest BCUT2D eigenvalue weighted by atomic mass is 10.1. The third kappa shape index (κ3) is 4.21. The van der Waals surface area contributed by atoms with Gasteiger partial charge in [0.05, 0.1) is 11.2 Å². The monoisotopic (exact) mass is 388 g/mol. The number of carbonyl (C=O) groups excluding carboxylic acids is 2. The Bertz CT molecular complexity index is 1020. The first-order valence-corrected chi connectivity index (χ1v) is 9.88. The molecule has 1 aliphatic rings. The van der Waals surface area contributed by atoms with Crippen molar-refractivity contribution in [2.24, 2.45) is 0 Å². The average molecular weight is 388 g/mol. The lowest BCUT2D eigenvalue weighted by Crippen LogP contribution is -2.36. The van der Waals surface area contributed by atoms with E-state index in [1.54, 1.807) is 6.20 Å². The normalized spacial score (nSPS) is 13.5. The van der Waals surface area contributed by atoms with E-state index in [0.29, 0.717) is 11.2 Å². The van der Waals surface area contributed by atoms with Crippen molar-refractivity contribution >= 4 is 39.8 Å². The molecule has 29 heavy (non-hydrogen) atoms. The Hall–Kier alpha value is -3.41. The predicted molar refractivity (Wildman–Crippen MR) is 116 cm³/mol. The van der Waals surface area contributed by atoms with Gasteiger partial charge in [0.15, 0.2) is 0 Å². The first kappa shape index (κ1) is 18.9. The number of benzene rings is 2. The molecule has 6 nitrogen and oxygen atoms in total. The molecule has 1 fully saturated rings. The highest BCUT2D eigenvalue weighted by atomic mass is 16.2. The van der Waals surface area contributed by atoms with E-state index in [9.17, 15) is 9.59 Å². The average Bonchev–Trinajstić information content (AvgIpc) is 3.27. The highest BCUT2D eigenvalue weighted by Crippen LogP contribution is 2.25. The molecule has 1 saturated heterocycles. The summed E-state index contributed by atoms with van der Waals surface area (Å²) in [6.45, 7) is 3.55. The Morgan fingerprint density at radius 1 is 1.03 bits per heavy atom. The number of nitrogens with zero attached hydrogens (tertiary/aromatic N) is 3. The molecule has 0 bridgehead atoms. The zero-order valence-electron chi connectivity index (χ0n) is 16.5. The van der Waals surface area contributed by atoms with Crippen molar-refractivity contribution in [3.05, 3.63) is 60.8 Å². The summed E-state index contributed by atoms with van der Waals surface area (Å²) in [5.74, 6) is -0.454. The molecule has 0 atom stereocenters. The van der Waals surface area contributed by atoms with E-state index in [4.69, 9.17) is 0 Å². The Morgan fingerprint density at radius 3 is 2.48 bits per heavy atom. The fourth-order valence-corrected chi connectivity index (χ4v) is 3.75. The third-order valence-electron chi connectivity index (χ3n) is 5.21. The van der Waals surface area contributed by atoms with Crippen LogP contribution in [-0.2, 0) is 9.59 Å². The standard InChI is InChI=1S/C23H24N4O2/c1-17(28)27(21-8-4-6-18-7-5-13-24-23(18)21)16-22(29)25-19-9-11-20(12-10-19)26-14-2-3-15-26/h4-13H,2-3,14-16H2,1H3,(H,25,29). The summed E-state index contributed by atoms with van der Waals surface area (Å²) in [5, 5.41) is 3.82. The smallest absolute Gasteiger partial charge is 0.244 e. The molecule has 1 aliphatic heterocycles. The number of amides is 2. The predicted octanol–water partition coefficient (Wildman–Crippen LogP) is 3.83. The summed E-state index contributed by atoms with van der Waals surface area (Å²) in [5.41, 5.74) is 3.23. The molecule has 0 spiro atoms. The van der Waals surface area contributed by atoms with Crippen LogP contribution in [0.4, 0.5) is 17.1 Å². The maximum Gasteiger partial charge on any atom is 0.244 e. The highest BCUT2D eigenvalue weighted by molar-refractivity contribution is 6.06. The van der Waals surface area contributed by atoms with Crippen molar-refractivity contribution in [3.8, 4) is 0 Å². The first-order chi connectivity index (χ1) is 14.1. The molecule has 2 heterocycles. The number of aromatic nitrogens is 1. The van der Waals surface area contributed by atoms with Crippen molar-refractivity contribution in [1.29, 1.82) is 0 Å². The zero-order chi connectivity index (χ0) is 20.2. The van der Waals surface area contributed by atoms with Gasteiger partial charge in [-0.2, -0.15) is 0 Å². The van der Waals surface area contributed by atoms with Crippen LogP contribution in [0.3, 0.4) is 0 Å². The van der Waals surface area contributed by atoms with Crippen molar-refractivity contribution in [1.82, 2.24) is 4.98 Å². The van der Waals surface area contributed by atoms with Gasteiger partial charge < -0.3 is 15.1 Å². The van der Waals surface area contributed by atoms with E-state index in [0.717, 1.165) is 24.2 Å². The molecular formula is C23H24N4O2. The molecule has 0 radical (unpaired) electrons. The maximum atomic E-state index is 12.6. The Morgan fingerprint density at radius 2 is 1.76 bits per heavy atom. The van der Waals surface area contributed by atoms with Crippen molar-refractivity contribution in [3.63, 3.8) is 0 Å². The van der Waals surface area contributed by atoms with Crippen LogP contribution in [0.1, 0.15) is 19.8 Å². The minimum atomic E-state index is -0.248. The molecule has 2 aromatic carbocycles. The second-order valence-electron chi connectivity index (χ2n) is 7.25. The van der Waals surface area contributed by atoms with Crippen LogP contribution in [-0.4, -0.2) is 36.4 Å². The summed E-state index contributed by atoms with van der Waals surface area (Å²) >= 11 is 0. The number of carbonyl (C=O) groups is 2. The van der Waals surface area contributed by atoms with Gasteiger partial charge in [-0.05, 0) is 49.2 Å². The molecule has 1 N–H and O–H groups in total. The van der Waals surface area contributed by atoms with Gasteiger partial charge in [0.1, 0.15) is 6.54 Å². The molecule has 148 valence electrons. The van der Waals surface area contributed by atoms with Crippen molar-refractivity contribution < 1.29 is 9.59 Å².